The second-order valence-electron chi connectivity index (χ2n) is 4.45. The minimum absolute atomic E-state index is 0.0319. The Hall–Kier alpha value is -0.650. The Labute approximate surface area is 89.2 Å². The molecule has 1 spiro atoms. The molecule has 15 heavy (non-hydrogen) atoms. The molecule has 0 aromatic rings. The van der Waals surface area contributed by atoms with Crippen LogP contribution < -0.4 is 5.73 Å². The number of aliphatic hydroxyl groups excluding tert-OH is 1. The van der Waals surface area contributed by atoms with E-state index in [0.29, 0.717) is 32.5 Å². The van der Waals surface area contributed by atoms with Crippen LogP contribution >= 0.6 is 0 Å². The van der Waals surface area contributed by atoms with Crippen LogP contribution in [0.1, 0.15) is 19.3 Å². The lowest BCUT2D eigenvalue weighted by atomic mass is 9.91. The van der Waals surface area contributed by atoms with Crippen LogP contribution in [0.2, 0.25) is 0 Å². The van der Waals surface area contributed by atoms with Crippen molar-refractivity contribution in [2.24, 2.45) is 5.73 Å². The van der Waals surface area contributed by atoms with Gasteiger partial charge in [0.1, 0.15) is 0 Å². The number of ether oxygens (including phenoxy) is 1. The first-order valence-corrected chi connectivity index (χ1v) is 5.45. The van der Waals surface area contributed by atoms with Crippen molar-refractivity contribution < 1.29 is 14.6 Å². The molecule has 0 bridgehead atoms. The van der Waals surface area contributed by atoms with Crippen molar-refractivity contribution in [1.82, 2.24) is 4.90 Å². The van der Waals surface area contributed by atoms with Gasteiger partial charge in [0.25, 0.3) is 0 Å². The predicted molar refractivity (Wildman–Crippen MR) is 54.2 cm³/mol. The Balaban J connectivity index is 1.98. The number of aliphatic hydroxyl groups is 1. The molecule has 1 amide bonds. The third kappa shape index (κ3) is 2.14. The van der Waals surface area contributed by atoms with Crippen molar-refractivity contribution in [1.29, 1.82) is 0 Å². The largest absolute Gasteiger partial charge is 0.393 e. The van der Waals surface area contributed by atoms with E-state index < -0.39 is 0 Å². The number of rotatable bonds is 1. The van der Waals surface area contributed by atoms with Gasteiger partial charge in [-0.05, 0) is 12.8 Å². The van der Waals surface area contributed by atoms with Crippen molar-refractivity contribution in [3.8, 4) is 0 Å². The van der Waals surface area contributed by atoms with Gasteiger partial charge in [0.05, 0.1) is 18.2 Å². The van der Waals surface area contributed by atoms with Crippen molar-refractivity contribution in [2.75, 3.05) is 26.2 Å². The van der Waals surface area contributed by atoms with E-state index in [0.717, 1.165) is 6.42 Å². The van der Waals surface area contributed by atoms with Gasteiger partial charge in [0.2, 0.25) is 5.91 Å². The van der Waals surface area contributed by atoms with Crippen LogP contribution in [0.5, 0.6) is 0 Å². The molecule has 2 fully saturated rings. The molecule has 2 rings (SSSR count). The summed E-state index contributed by atoms with van der Waals surface area (Å²) < 4.78 is 5.73. The first-order valence-electron chi connectivity index (χ1n) is 5.45. The molecular formula is C10H18N2O3. The number of nitrogens with two attached hydrogens (primary N) is 1. The standard InChI is InChI=1S/C10H18N2O3/c11-6-9(14)12-3-2-10(7-12)5-8(13)1-4-15-10/h8,13H,1-7,11H2/t8-,10-/m1/s1. The SMILES string of the molecule is NCC(=O)N1CC[C@@]2(C[C@H](O)CCO2)C1. The van der Waals surface area contributed by atoms with Gasteiger partial charge in [-0.1, -0.05) is 0 Å². The Morgan fingerprint density at radius 3 is 3.13 bits per heavy atom. The summed E-state index contributed by atoms with van der Waals surface area (Å²) in [6, 6.07) is 0. The fourth-order valence-electron chi connectivity index (χ4n) is 2.47. The maximum absolute atomic E-state index is 11.4. The van der Waals surface area contributed by atoms with E-state index in [-0.39, 0.29) is 24.2 Å². The molecule has 5 nitrogen and oxygen atoms in total. The summed E-state index contributed by atoms with van der Waals surface area (Å²) in [7, 11) is 0. The highest BCUT2D eigenvalue weighted by Crippen LogP contribution is 2.34. The van der Waals surface area contributed by atoms with Crippen LogP contribution in [0.3, 0.4) is 0 Å². The van der Waals surface area contributed by atoms with Gasteiger partial charge < -0.3 is 20.5 Å². The van der Waals surface area contributed by atoms with E-state index in [1.807, 2.05) is 0 Å². The molecule has 2 atom stereocenters. The zero-order valence-corrected chi connectivity index (χ0v) is 8.82. The van der Waals surface area contributed by atoms with Crippen molar-refractivity contribution in [2.45, 2.75) is 31.0 Å². The Morgan fingerprint density at radius 2 is 2.47 bits per heavy atom. The molecule has 0 aromatic carbocycles. The van der Waals surface area contributed by atoms with Crippen LogP contribution in [0.4, 0.5) is 0 Å². The molecule has 0 unspecified atom stereocenters. The van der Waals surface area contributed by atoms with Crippen LogP contribution in [-0.4, -0.2) is 53.9 Å². The quantitative estimate of drug-likeness (QED) is 0.592. The molecule has 0 aliphatic carbocycles. The second-order valence-corrected chi connectivity index (χ2v) is 4.45. The minimum Gasteiger partial charge on any atom is -0.393 e. The van der Waals surface area contributed by atoms with Gasteiger partial charge in [-0.25, -0.2) is 0 Å². The lowest BCUT2D eigenvalue weighted by Crippen LogP contribution is -2.45. The lowest BCUT2D eigenvalue weighted by molar-refractivity contribution is -0.134. The van der Waals surface area contributed by atoms with E-state index in [2.05, 4.69) is 0 Å². The van der Waals surface area contributed by atoms with Gasteiger partial charge in [-0.3, -0.25) is 4.79 Å². The van der Waals surface area contributed by atoms with Crippen LogP contribution in [0, 0.1) is 0 Å². The fourth-order valence-corrected chi connectivity index (χ4v) is 2.47. The summed E-state index contributed by atoms with van der Waals surface area (Å²) in [6.07, 6.45) is 1.87. The fraction of sp³-hybridized carbons (Fsp3) is 0.900. The molecule has 86 valence electrons. The summed E-state index contributed by atoms with van der Waals surface area (Å²) in [5, 5.41) is 9.61. The maximum Gasteiger partial charge on any atom is 0.236 e. The van der Waals surface area contributed by atoms with Crippen molar-refractivity contribution in [3.63, 3.8) is 0 Å². The smallest absolute Gasteiger partial charge is 0.236 e. The summed E-state index contributed by atoms with van der Waals surface area (Å²) >= 11 is 0. The highest BCUT2D eigenvalue weighted by Gasteiger charge is 2.43. The first kappa shape index (κ1) is 10.9. The summed E-state index contributed by atoms with van der Waals surface area (Å²) in [5.74, 6) is -0.0319. The Morgan fingerprint density at radius 1 is 1.67 bits per heavy atom. The van der Waals surface area contributed by atoms with Crippen LogP contribution in [0.25, 0.3) is 0 Å². The molecule has 0 saturated carbocycles. The predicted octanol–water partition coefficient (Wildman–Crippen LogP) is -0.912. The topological polar surface area (TPSA) is 75.8 Å². The van der Waals surface area contributed by atoms with Crippen molar-refractivity contribution in [3.05, 3.63) is 0 Å². The second kappa shape index (κ2) is 4.08. The zero-order valence-electron chi connectivity index (χ0n) is 8.82. The number of carbonyl (C=O) groups excluding carboxylic acids is 1. The lowest BCUT2D eigenvalue weighted by Gasteiger charge is -2.36. The van der Waals surface area contributed by atoms with E-state index in [4.69, 9.17) is 10.5 Å². The average molecular weight is 214 g/mol. The number of hydrogen-bond acceptors (Lipinski definition) is 4. The normalized spacial score (nSPS) is 36.1. The number of carbonyl (C=O) groups is 1. The summed E-state index contributed by atoms with van der Waals surface area (Å²) in [5.41, 5.74) is 5.01. The van der Waals surface area contributed by atoms with E-state index >= 15 is 0 Å². The molecule has 2 aliphatic rings. The minimum atomic E-state index is -0.303. The number of nitrogens with zero attached hydrogens (tertiary/aromatic N) is 1. The van der Waals surface area contributed by atoms with Gasteiger partial charge in [0, 0.05) is 26.1 Å². The van der Waals surface area contributed by atoms with Gasteiger partial charge in [0.15, 0.2) is 0 Å². The molecule has 2 saturated heterocycles. The average Bonchev–Trinajstić information content (AvgIpc) is 2.60. The van der Waals surface area contributed by atoms with E-state index in [9.17, 15) is 9.90 Å². The molecule has 0 aromatic heterocycles. The number of hydrogen-bond donors (Lipinski definition) is 2. The third-order valence-electron chi connectivity index (χ3n) is 3.31. The maximum atomic E-state index is 11.4. The highest BCUT2D eigenvalue weighted by molar-refractivity contribution is 5.78. The van der Waals surface area contributed by atoms with E-state index in [1.165, 1.54) is 0 Å². The molecule has 3 N–H and O–H groups in total. The van der Waals surface area contributed by atoms with Gasteiger partial charge in [-0.15, -0.1) is 0 Å². The molecule has 0 radical (unpaired) electrons. The van der Waals surface area contributed by atoms with Gasteiger partial charge >= 0.3 is 0 Å². The summed E-state index contributed by atoms with van der Waals surface area (Å²) in [4.78, 5) is 13.1. The van der Waals surface area contributed by atoms with Crippen LogP contribution in [-0.2, 0) is 9.53 Å². The number of amides is 1. The summed E-state index contributed by atoms with van der Waals surface area (Å²) in [6.45, 7) is 1.92. The number of likely N-dealkylation sites (tertiary alicyclic amines) is 1. The third-order valence-corrected chi connectivity index (χ3v) is 3.31. The molecule has 5 heteroatoms. The molecule has 2 heterocycles. The molecule has 2 aliphatic heterocycles. The van der Waals surface area contributed by atoms with Crippen LogP contribution in [0.15, 0.2) is 0 Å². The van der Waals surface area contributed by atoms with Crippen molar-refractivity contribution >= 4 is 5.91 Å². The van der Waals surface area contributed by atoms with Gasteiger partial charge in [-0.2, -0.15) is 0 Å². The Kier molecular flexibility index (Phi) is 2.95. The highest BCUT2D eigenvalue weighted by atomic mass is 16.5. The monoisotopic (exact) mass is 214 g/mol. The first-order chi connectivity index (χ1) is 7.15. The van der Waals surface area contributed by atoms with E-state index in [1.54, 1.807) is 4.90 Å². The zero-order chi connectivity index (χ0) is 10.9. The Bertz CT molecular complexity index is 259. The molecular weight excluding hydrogens is 196 g/mol.